The number of hydrogen-bond donors (Lipinski definition) is 3. The average Bonchev–Trinajstić information content (AvgIpc) is 2.97. The fourth-order valence-electron chi connectivity index (χ4n) is 3.17. The zero-order valence-corrected chi connectivity index (χ0v) is 12.6. The Hall–Kier alpha value is -2.02. The lowest BCUT2D eigenvalue weighted by Gasteiger charge is -2.33. The first-order chi connectivity index (χ1) is 11.0. The number of carbonyl (C=O) groups is 1. The minimum absolute atomic E-state index is 0.132. The fraction of sp³-hybridized carbons (Fsp3) is 0.500. The van der Waals surface area contributed by atoms with Crippen molar-refractivity contribution in [2.75, 3.05) is 6.61 Å². The molecule has 2 aromatic heterocycles. The number of amides is 1. The minimum atomic E-state index is -2.62. The molecule has 0 saturated heterocycles. The number of halogens is 2. The van der Waals surface area contributed by atoms with Gasteiger partial charge in [0, 0.05) is 30.6 Å². The summed E-state index contributed by atoms with van der Waals surface area (Å²) in [5.41, 5.74) is 1.04. The topological polar surface area (TPSA) is 78.0 Å². The maximum atomic E-state index is 13.2. The van der Waals surface area contributed by atoms with Crippen molar-refractivity contribution in [3.63, 3.8) is 0 Å². The van der Waals surface area contributed by atoms with E-state index in [-0.39, 0.29) is 31.3 Å². The minimum Gasteiger partial charge on any atom is -0.394 e. The first-order valence-electron chi connectivity index (χ1n) is 7.72. The number of aliphatic hydroxyl groups is 1. The molecule has 7 heteroatoms. The molecule has 1 fully saturated rings. The van der Waals surface area contributed by atoms with Crippen LogP contribution in [0, 0.1) is 5.92 Å². The molecular weight excluding hydrogens is 304 g/mol. The van der Waals surface area contributed by atoms with Crippen molar-refractivity contribution < 1.29 is 18.7 Å². The summed E-state index contributed by atoms with van der Waals surface area (Å²) in [7, 11) is 0. The Morgan fingerprint density at radius 2 is 2.22 bits per heavy atom. The number of alkyl halides is 2. The Labute approximate surface area is 132 Å². The van der Waals surface area contributed by atoms with Crippen LogP contribution in [0.4, 0.5) is 8.78 Å². The molecule has 124 valence electrons. The molecule has 3 N–H and O–H groups in total. The number of aliphatic hydroxyl groups excluding tert-OH is 1. The van der Waals surface area contributed by atoms with Gasteiger partial charge in [0.25, 0.3) is 5.91 Å². The van der Waals surface area contributed by atoms with Crippen molar-refractivity contribution >= 4 is 16.9 Å². The molecule has 5 nitrogen and oxygen atoms in total. The van der Waals surface area contributed by atoms with Crippen LogP contribution < -0.4 is 5.32 Å². The fourth-order valence-corrected chi connectivity index (χ4v) is 3.17. The number of aromatic amines is 1. The second kappa shape index (κ2) is 6.23. The van der Waals surface area contributed by atoms with Crippen molar-refractivity contribution in [2.24, 2.45) is 5.92 Å². The summed E-state index contributed by atoms with van der Waals surface area (Å²) in [4.78, 5) is 19.5. The first kappa shape index (κ1) is 15.9. The van der Waals surface area contributed by atoms with Gasteiger partial charge in [-0.05, 0) is 30.9 Å². The van der Waals surface area contributed by atoms with Crippen LogP contribution in [0.15, 0.2) is 24.5 Å². The number of nitrogens with one attached hydrogen (secondary N) is 2. The van der Waals surface area contributed by atoms with Crippen LogP contribution in [0.5, 0.6) is 0 Å². The SMILES string of the molecule is O=C(NC(CO)C1CCC(F)(F)CC1)c1c[nH]c2ncccc12. The molecule has 1 atom stereocenters. The first-order valence-corrected chi connectivity index (χ1v) is 7.72. The van der Waals surface area contributed by atoms with Gasteiger partial charge in [-0.25, -0.2) is 13.8 Å². The van der Waals surface area contributed by atoms with Crippen molar-refractivity contribution in [2.45, 2.75) is 37.6 Å². The Balaban J connectivity index is 1.70. The third kappa shape index (κ3) is 3.34. The summed E-state index contributed by atoms with van der Waals surface area (Å²) in [6.07, 6.45) is 3.40. The number of hydrogen-bond acceptors (Lipinski definition) is 3. The summed E-state index contributed by atoms with van der Waals surface area (Å²) < 4.78 is 26.5. The van der Waals surface area contributed by atoms with E-state index in [2.05, 4.69) is 15.3 Å². The van der Waals surface area contributed by atoms with Crippen LogP contribution in [0.1, 0.15) is 36.0 Å². The van der Waals surface area contributed by atoms with Crippen molar-refractivity contribution in [3.05, 3.63) is 30.1 Å². The maximum Gasteiger partial charge on any atom is 0.253 e. The number of pyridine rings is 1. The molecule has 1 aliphatic rings. The number of H-pyrrole nitrogens is 1. The van der Waals surface area contributed by atoms with Gasteiger partial charge < -0.3 is 15.4 Å². The smallest absolute Gasteiger partial charge is 0.253 e. The molecule has 0 aliphatic heterocycles. The van der Waals surface area contributed by atoms with Gasteiger partial charge in [0.15, 0.2) is 0 Å². The van der Waals surface area contributed by atoms with E-state index in [9.17, 15) is 18.7 Å². The Morgan fingerprint density at radius 1 is 1.48 bits per heavy atom. The zero-order valence-electron chi connectivity index (χ0n) is 12.6. The highest BCUT2D eigenvalue weighted by atomic mass is 19.3. The van der Waals surface area contributed by atoms with Crippen molar-refractivity contribution in [1.82, 2.24) is 15.3 Å². The lowest BCUT2D eigenvalue weighted by Crippen LogP contribution is -2.45. The number of nitrogens with zero attached hydrogens (tertiary/aromatic N) is 1. The number of rotatable bonds is 4. The van der Waals surface area contributed by atoms with E-state index < -0.39 is 12.0 Å². The van der Waals surface area contributed by atoms with E-state index in [0.717, 1.165) is 0 Å². The molecule has 23 heavy (non-hydrogen) atoms. The number of aromatic nitrogens is 2. The van der Waals surface area contributed by atoms with Crippen LogP contribution in [0.25, 0.3) is 11.0 Å². The van der Waals surface area contributed by atoms with Crippen molar-refractivity contribution in [1.29, 1.82) is 0 Å². The Bertz CT molecular complexity index is 691. The number of fused-ring (bicyclic) bond motifs is 1. The normalized spacial score (nSPS) is 19.6. The highest BCUT2D eigenvalue weighted by Crippen LogP contribution is 2.37. The van der Waals surface area contributed by atoms with Crippen molar-refractivity contribution in [3.8, 4) is 0 Å². The summed E-state index contributed by atoms with van der Waals surface area (Å²) in [5.74, 6) is -3.09. The van der Waals surface area contributed by atoms with E-state index in [1.54, 1.807) is 24.5 Å². The highest BCUT2D eigenvalue weighted by Gasteiger charge is 2.38. The third-order valence-corrected chi connectivity index (χ3v) is 4.54. The molecule has 0 radical (unpaired) electrons. The second-order valence-electron chi connectivity index (χ2n) is 6.06. The summed E-state index contributed by atoms with van der Waals surface area (Å²) in [5, 5.41) is 13.0. The van der Waals surface area contributed by atoms with E-state index in [0.29, 0.717) is 29.4 Å². The van der Waals surface area contributed by atoms with Crippen LogP contribution in [0.3, 0.4) is 0 Å². The third-order valence-electron chi connectivity index (χ3n) is 4.54. The lowest BCUT2D eigenvalue weighted by molar-refractivity contribution is -0.0512. The summed E-state index contributed by atoms with van der Waals surface area (Å²) in [6, 6.07) is 3.00. The molecule has 0 spiro atoms. The van der Waals surface area contributed by atoms with Crippen LogP contribution in [-0.2, 0) is 0 Å². The standard InChI is InChI=1S/C16H19F2N3O2/c17-16(18)5-3-10(4-6-16)13(9-22)21-15(23)12-8-20-14-11(12)2-1-7-19-14/h1-2,7-8,10,13,22H,3-6,9H2,(H,19,20)(H,21,23). The maximum absolute atomic E-state index is 13.2. The lowest BCUT2D eigenvalue weighted by atomic mass is 9.82. The van der Waals surface area contributed by atoms with Gasteiger partial charge in [-0.1, -0.05) is 0 Å². The molecule has 1 amide bonds. The van der Waals surface area contributed by atoms with Gasteiger partial charge in [0.1, 0.15) is 5.65 Å². The van der Waals surface area contributed by atoms with E-state index in [1.807, 2.05) is 0 Å². The van der Waals surface area contributed by atoms with Gasteiger partial charge in [0.2, 0.25) is 5.92 Å². The Morgan fingerprint density at radius 3 is 2.91 bits per heavy atom. The van der Waals surface area contributed by atoms with Crippen LogP contribution in [0.2, 0.25) is 0 Å². The number of carbonyl (C=O) groups excluding carboxylic acids is 1. The zero-order chi connectivity index (χ0) is 16.4. The molecule has 0 aromatic carbocycles. The molecule has 1 saturated carbocycles. The van der Waals surface area contributed by atoms with Gasteiger partial charge in [-0.2, -0.15) is 0 Å². The quantitative estimate of drug-likeness (QED) is 0.809. The molecule has 2 heterocycles. The van der Waals surface area contributed by atoms with Crippen LogP contribution in [-0.4, -0.2) is 39.6 Å². The molecule has 2 aromatic rings. The average molecular weight is 323 g/mol. The molecule has 3 rings (SSSR count). The second-order valence-corrected chi connectivity index (χ2v) is 6.06. The molecular formula is C16H19F2N3O2. The largest absolute Gasteiger partial charge is 0.394 e. The monoisotopic (exact) mass is 323 g/mol. The highest BCUT2D eigenvalue weighted by molar-refractivity contribution is 6.05. The van der Waals surface area contributed by atoms with Gasteiger partial charge in [0.05, 0.1) is 18.2 Å². The van der Waals surface area contributed by atoms with E-state index in [1.165, 1.54) is 0 Å². The van der Waals surface area contributed by atoms with E-state index >= 15 is 0 Å². The molecule has 0 bridgehead atoms. The predicted molar refractivity (Wildman–Crippen MR) is 81.3 cm³/mol. The van der Waals surface area contributed by atoms with Crippen LogP contribution >= 0.6 is 0 Å². The summed E-state index contributed by atoms with van der Waals surface area (Å²) in [6.45, 7) is -0.261. The predicted octanol–water partition coefficient (Wildman–Crippen LogP) is 2.48. The Kier molecular flexibility index (Phi) is 4.30. The molecule has 1 aliphatic carbocycles. The van der Waals surface area contributed by atoms with E-state index in [4.69, 9.17) is 0 Å². The van der Waals surface area contributed by atoms with Gasteiger partial charge in [-0.15, -0.1) is 0 Å². The summed E-state index contributed by atoms with van der Waals surface area (Å²) >= 11 is 0. The molecule has 1 unspecified atom stereocenters. The van der Waals surface area contributed by atoms with Gasteiger partial charge in [-0.3, -0.25) is 4.79 Å². The van der Waals surface area contributed by atoms with Gasteiger partial charge >= 0.3 is 0 Å².